The summed E-state index contributed by atoms with van der Waals surface area (Å²) in [4.78, 5) is 7.83. The average molecular weight is 309 g/mol. The van der Waals surface area contributed by atoms with Gasteiger partial charge >= 0.3 is 0 Å². The van der Waals surface area contributed by atoms with Crippen LogP contribution < -0.4 is 10.6 Å². The molecule has 0 amide bonds. The zero-order chi connectivity index (χ0) is 12.8. The van der Waals surface area contributed by atoms with Crippen molar-refractivity contribution in [2.45, 2.75) is 6.04 Å². The molecular weight excluding hydrogens is 296 g/mol. The third kappa shape index (κ3) is 1.94. The minimum atomic E-state index is 0. The molecule has 4 rings (SSSR count). The van der Waals surface area contributed by atoms with Crippen molar-refractivity contribution in [3.8, 4) is 10.6 Å². The summed E-state index contributed by atoms with van der Waals surface area (Å²) in [6, 6.07) is 4.33. The summed E-state index contributed by atoms with van der Waals surface area (Å²) in [5, 5.41) is 10.3. The Hall–Kier alpha value is -1.70. The van der Waals surface area contributed by atoms with Gasteiger partial charge in [-0.25, -0.2) is 4.98 Å². The van der Waals surface area contributed by atoms with Gasteiger partial charge in [0.25, 0.3) is 0 Å². The van der Waals surface area contributed by atoms with Crippen LogP contribution in [0.15, 0.2) is 30.0 Å². The quantitative estimate of drug-likeness (QED) is 0.775. The van der Waals surface area contributed by atoms with E-state index in [1.165, 1.54) is 0 Å². The molecule has 0 saturated carbocycles. The first kappa shape index (κ1) is 13.3. The number of thiophene rings is 1. The largest absolute Gasteiger partial charge is 0.350 e. The Morgan fingerprint density at radius 2 is 2.20 bits per heavy atom. The molecule has 1 aliphatic rings. The van der Waals surface area contributed by atoms with Crippen LogP contribution in [0.3, 0.4) is 0 Å². The van der Waals surface area contributed by atoms with E-state index in [9.17, 15) is 0 Å². The second kappa shape index (κ2) is 5.01. The lowest BCUT2D eigenvalue weighted by Crippen LogP contribution is -2.56. The van der Waals surface area contributed by atoms with E-state index in [2.05, 4.69) is 26.1 Å². The first-order chi connectivity index (χ1) is 9.33. The number of anilines is 1. The van der Waals surface area contributed by atoms with E-state index in [1.54, 1.807) is 17.7 Å². The van der Waals surface area contributed by atoms with Gasteiger partial charge in [0.05, 0.1) is 16.8 Å². The second-order valence-corrected chi connectivity index (χ2v) is 5.58. The number of rotatable bonds is 2. The Balaban J connectivity index is 0.00000121. The minimum Gasteiger partial charge on any atom is -0.350 e. The van der Waals surface area contributed by atoms with Gasteiger partial charge in [-0.3, -0.25) is 4.40 Å². The maximum absolute atomic E-state index is 5.82. The van der Waals surface area contributed by atoms with Crippen LogP contribution in [0.5, 0.6) is 0 Å². The first-order valence-electron chi connectivity index (χ1n) is 6.06. The molecule has 0 atom stereocenters. The van der Waals surface area contributed by atoms with Gasteiger partial charge in [-0.05, 0) is 11.4 Å². The zero-order valence-corrected chi connectivity index (χ0v) is 12.1. The molecule has 1 fully saturated rings. The Morgan fingerprint density at radius 3 is 2.90 bits per heavy atom. The van der Waals surface area contributed by atoms with Crippen molar-refractivity contribution in [3.05, 3.63) is 30.0 Å². The van der Waals surface area contributed by atoms with E-state index in [0.29, 0.717) is 0 Å². The van der Waals surface area contributed by atoms with Crippen LogP contribution in [0.1, 0.15) is 0 Å². The summed E-state index contributed by atoms with van der Waals surface area (Å²) in [5.74, 6) is 0.861. The molecule has 0 bridgehead atoms. The number of fused-ring (bicyclic) bond motifs is 1. The Morgan fingerprint density at radius 1 is 1.35 bits per heavy atom. The molecule has 3 aromatic heterocycles. The van der Waals surface area contributed by atoms with Crippen molar-refractivity contribution < 1.29 is 0 Å². The maximum atomic E-state index is 5.82. The van der Waals surface area contributed by atoms with E-state index >= 15 is 0 Å². The van der Waals surface area contributed by atoms with Gasteiger partial charge in [-0.2, -0.15) is 0 Å². The normalized spacial score (nSPS) is 15.2. The summed E-state index contributed by atoms with van der Waals surface area (Å²) in [5.41, 5.74) is 7.63. The number of nitrogens with two attached hydrogens (primary N) is 1. The molecule has 3 aromatic rings. The Labute approximate surface area is 125 Å². The van der Waals surface area contributed by atoms with Crippen molar-refractivity contribution in [1.29, 1.82) is 0 Å². The topological polar surface area (TPSA) is 72.3 Å². The summed E-state index contributed by atoms with van der Waals surface area (Å²) in [6.07, 6.45) is 3.61. The second-order valence-electron chi connectivity index (χ2n) is 4.63. The molecule has 0 radical (unpaired) electrons. The van der Waals surface area contributed by atoms with E-state index in [1.807, 2.05) is 22.0 Å². The molecule has 0 unspecified atom stereocenters. The molecule has 6 nitrogen and oxygen atoms in total. The van der Waals surface area contributed by atoms with E-state index in [-0.39, 0.29) is 18.4 Å². The third-order valence-corrected chi connectivity index (χ3v) is 4.19. The third-order valence-electron chi connectivity index (χ3n) is 3.30. The highest BCUT2D eigenvalue weighted by Crippen LogP contribution is 2.28. The average Bonchev–Trinajstić information content (AvgIpc) is 3.04. The molecule has 0 spiro atoms. The molecule has 8 heteroatoms. The summed E-state index contributed by atoms with van der Waals surface area (Å²) in [6.45, 7) is 1.65. The van der Waals surface area contributed by atoms with E-state index in [4.69, 9.17) is 5.73 Å². The number of nitrogens with zero attached hydrogens (tertiary/aromatic N) is 5. The fourth-order valence-corrected chi connectivity index (χ4v) is 3.05. The van der Waals surface area contributed by atoms with Crippen LogP contribution in [0.4, 0.5) is 5.82 Å². The van der Waals surface area contributed by atoms with Gasteiger partial charge in [-0.1, -0.05) is 6.07 Å². The zero-order valence-electron chi connectivity index (χ0n) is 10.5. The molecule has 1 aliphatic heterocycles. The highest BCUT2D eigenvalue weighted by molar-refractivity contribution is 7.13. The fraction of sp³-hybridized carbons (Fsp3) is 0.250. The smallest absolute Gasteiger partial charge is 0.204 e. The molecule has 2 N–H and O–H groups in total. The molecule has 20 heavy (non-hydrogen) atoms. The first-order valence-corrected chi connectivity index (χ1v) is 6.94. The van der Waals surface area contributed by atoms with Crippen LogP contribution in [-0.4, -0.2) is 38.7 Å². The highest BCUT2D eigenvalue weighted by Gasteiger charge is 2.27. The van der Waals surface area contributed by atoms with Crippen LogP contribution in [0.25, 0.3) is 16.2 Å². The predicted octanol–water partition coefficient (Wildman–Crippen LogP) is 1.42. The van der Waals surface area contributed by atoms with Crippen LogP contribution in [-0.2, 0) is 0 Å². The minimum absolute atomic E-state index is 0. The van der Waals surface area contributed by atoms with Crippen LogP contribution in [0.2, 0.25) is 0 Å². The van der Waals surface area contributed by atoms with Crippen molar-refractivity contribution in [1.82, 2.24) is 19.6 Å². The molecule has 0 aromatic carbocycles. The molecule has 104 valence electrons. The number of halogens is 1. The molecular formula is C12H13ClN6S. The lowest BCUT2D eigenvalue weighted by atomic mass is 10.1. The number of hydrogen-bond acceptors (Lipinski definition) is 6. The molecule has 0 aliphatic carbocycles. The monoisotopic (exact) mass is 308 g/mol. The molecule has 1 saturated heterocycles. The summed E-state index contributed by atoms with van der Waals surface area (Å²) in [7, 11) is 0. The van der Waals surface area contributed by atoms with E-state index < -0.39 is 0 Å². The van der Waals surface area contributed by atoms with E-state index in [0.717, 1.165) is 35.1 Å². The highest BCUT2D eigenvalue weighted by atomic mass is 35.5. The Bertz CT molecular complexity index is 719. The summed E-state index contributed by atoms with van der Waals surface area (Å²) >= 11 is 1.68. The van der Waals surface area contributed by atoms with Crippen molar-refractivity contribution >= 4 is 35.2 Å². The number of aromatic nitrogens is 4. The standard InChI is InChI=1S/C12H12N6S.ClH/c13-8-5-17(6-8)11-12-16-15-7-18(12)9(4-14-11)10-2-1-3-19-10;/h1-4,7-8H,5-6,13H2;1H. The number of hydrogen-bond donors (Lipinski definition) is 1. The van der Waals surface area contributed by atoms with Gasteiger partial charge in [0, 0.05) is 19.1 Å². The Kier molecular flexibility index (Phi) is 3.33. The van der Waals surface area contributed by atoms with Crippen LogP contribution in [0, 0.1) is 0 Å². The van der Waals surface area contributed by atoms with Crippen LogP contribution >= 0.6 is 23.7 Å². The van der Waals surface area contributed by atoms with Gasteiger partial charge in [-0.15, -0.1) is 33.9 Å². The predicted molar refractivity (Wildman–Crippen MR) is 81.5 cm³/mol. The maximum Gasteiger partial charge on any atom is 0.204 e. The summed E-state index contributed by atoms with van der Waals surface area (Å²) < 4.78 is 1.98. The lowest BCUT2D eigenvalue weighted by Gasteiger charge is -2.37. The van der Waals surface area contributed by atoms with Crippen molar-refractivity contribution in [2.24, 2.45) is 5.73 Å². The SMILES string of the molecule is Cl.NC1CN(c2ncc(-c3cccs3)n3cnnc23)C1. The van der Waals surface area contributed by atoms with Crippen molar-refractivity contribution in [3.63, 3.8) is 0 Å². The fourth-order valence-electron chi connectivity index (χ4n) is 2.32. The van der Waals surface area contributed by atoms with Crippen molar-refractivity contribution in [2.75, 3.05) is 18.0 Å². The van der Waals surface area contributed by atoms with Gasteiger partial charge in [0.2, 0.25) is 5.65 Å². The molecule has 4 heterocycles. The van der Waals surface area contributed by atoms with Gasteiger partial charge < -0.3 is 10.6 Å². The lowest BCUT2D eigenvalue weighted by molar-refractivity contribution is 0.515. The van der Waals surface area contributed by atoms with Gasteiger partial charge in [0.15, 0.2) is 5.82 Å². The van der Waals surface area contributed by atoms with Gasteiger partial charge in [0.1, 0.15) is 6.33 Å².